The van der Waals surface area contributed by atoms with E-state index in [0.717, 1.165) is 11.3 Å². The third-order valence-corrected chi connectivity index (χ3v) is 3.18. The van der Waals surface area contributed by atoms with Gasteiger partial charge in [-0.05, 0) is 48.0 Å². The summed E-state index contributed by atoms with van der Waals surface area (Å²) in [6.45, 7) is 0. The number of methoxy groups -OCH3 is 1. The van der Waals surface area contributed by atoms with Crippen LogP contribution < -0.4 is 15.4 Å². The summed E-state index contributed by atoms with van der Waals surface area (Å²) in [6.07, 6.45) is 3.13. The highest BCUT2D eigenvalue weighted by Gasteiger charge is 2.02. The molecule has 0 fully saturated rings. The van der Waals surface area contributed by atoms with Crippen molar-refractivity contribution in [3.8, 4) is 5.75 Å². The molecule has 0 aromatic heterocycles. The summed E-state index contributed by atoms with van der Waals surface area (Å²) in [6, 6.07) is 14.1. The first-order valence-corrected chi connectivity index (χ1v) is 7.07. The summed E-state index contributed by atoms with van der Waals surface area (Å²) in [4.78, 5) is 23.3. The number of rotatable bonds is 5. The number of carbonyl (C=O) groups is 2. The second kappa shape index (κ2) is 7.79. The van der Waals surface area contributed by atoms with Gasteiger partial charge in [0.05, 0.1) is 7.11 Å². The fourth-order valence-corrected chi connectivity index (χ4v) is 1.92. The molecule has 0 aliphatic carbocycles. The lowest BCUT2D eigenvalue weighted by molar-refractivity contribution is -0.111. The number of carbonyl (C=O) groups excluding carboxylic acids is 2. The number of anilines is 1. The van der Waals surface area contributed by atoms with Gasteiger partial charge in [-0.1, -0.05) is 12.1 Å². The summed E-state index contributed by atoms with van der Waals surface area (Å²) >= 11 is 0. The van der Waals surface area contributed by atoms with Gasteiger partial charge in [-0.2, -0.15) is 0 Å². The van der Waals surface area contributed by atoms with Crippen LogP contribution in [0.5, 0.6) is 5.75 Å². The van der Waals surface area contributed by atoms with Crippen LogP contribution in [0.4, 0.5) is 5.69 Å². The van der Waals surface area contributed by atoms with Gasteiger partial charge in [0, 0.05) is 24.4 Å². The number of ether oxygens (including phenoxy) is 1. The molecule has 2 rings (SSSR count). The van der Waals surface area contributed by atoms with Crippen LogP contribution in [0.1, 0.15) is 15.9 Å². The number of hydrogen-bond donors (Lipinski definition) is 2. The van der Waals surface area contributed by atoms with Crippen molar-refractivity contribution in [1.82, 2.24) is 5.32 Å². The summed E-state index contributed by atoms with van der Waals surface area (Å²) in [5.74, 6) is 0.359. The van der Waals surface area contributed by atoms with Gasteiger partial charge in [0.2, 0.25) is 5.91 Å². The van der Waals surface area contributed by atoms with Crippen molar-refractivity contribution in [3.05, 3.63) is 65.7 Å². The Morgan fingerprint density at radius 3 is 2.22 bits per heavy atom. The SMILES string of the molecule is CNC(=O)c1ccc(/C=C/C(=O)Nc2ccc(OC)cc2)cc1. The lowest BCUT2D eigenvalue weighted by Crippen LogP contribution is -2.17. The minimum atomic E-state index is -0.231. The third-order valence-electron chi connectivity index (χ3n) is 3.18. The molecule has 0 spiro atoms. The van der Waals surface area contributed by atoms with Crippen LogP contribution in [0.2, 0.25) is 0 Å². The van der Waals surface area contributed by atoms with Crippen LogP contribution in [0.3, 0.4) is 0 Å². The first-order chi connectivity index (χ1) is 11.1. The monoisotopic (exact) mass is 310 g/mol. The highest BCUT2D eigenvalue weighted by molar-refractivity contribution is 6.02. The highest BCUT2D eigenvalue weighted by Crippen LogP contribution is 2.15. The average molecular weight is 310 g/mol. The molecular weight excluding hydrogens is 292 g/mol. The molecule has 0 aliphatic heterocycles. The van der Waals surface area contributed by atoms with Gasteiger partial charge in [-0.25, -0.2) is 0 Å². The Kier molecular flexibility index (Phi) is 5.52. The van der Waals surface area contributed by atoms with Crippen molar-refractivity contribution in [1.29, 1.82) is 0 Å². The van der Waals surface area contributed by atoms with Crippen LogP contribution >= 0.6 is 0 Å². The van der Waals surface area contributed by atoms with Gasteiger partial charge in [0.15, 0.2) is 0 Å². The summed E-state index contributed by atoms with van der Waals surface area (Å²) in [5.41, 5.74) is 2.10. The van der Waals surface area contributed by atoms with Gasteiger partial charge in [-0.3, -0.25) is 9.59 Å². The molecule has 0 saturated carbocycles. The molecule has 0 atom stereocenters. The van der Waals surface area contributed by atoms with Crippen LogP contribution in [0.25, 0.3) is 6.08 Å². The Labute approximate surface area is 135 Å². The zero-order chi connectivity index (χ0) is 16.7. The van der Waals surface area contributed by atoms with Crippen LogP contribution in [-0.4, -0.2) is 26.0 Å². The zero-order valence-corrected chi connectivity index (χ0v) is 13.0. The van der Waals surface area contributed by atoms with Gasteiger partial charge in [-0.15, -0.1) is 0 Å². The van der Waals surface area contributed by atoms with Crippen molar-refractivity contribution >= 4 is 23.6 Å². The molecule has 0 aliphatic rings. The first kappa shape index (κ1) is 16.3. The van der Waals surface area contributed by atoms with E-state index >= 15 is 0 Å². The molecule has 5 nitrogen and oxygen atoms in total. The average Bonchev–Trinajstić information content (AvgIpc) is 2.60. The van der Waals surface area contributed by atoms with Crippen molar-refractivity contribution in [2.75, 3.05) is 19.5 Å². The summed E-state index contributed by atoms with van der Waals surface area (Å²) in [7, 11) is 3.17. The van der Waals surface area contributed by atoms with Gasteiger partial charge in [0.1, 0.15) is 5.75 Å². The quantitative estimate of drug-likeness (QED) is 0.834. The maximum Gasteiger partial charge on any atom is 0.251 e. The largest absolute Gasteiger partial charge is 0.497 e. The van der Waals surface area contributed by atoms with Gasteiger partial charge < -0.3 is 15.4 Å². The summed E-state index contributed by atoms with van der Waals surface area (Å²) in [5, 5.41) is 5.31. The van der Waals surface area contributed by atoms with E-state index < -0.39 is 0 Å². The molecule has 0 saturated heterocycles. The molecule has 2 amide bonds. The fourth-order valence-electron chi connectivity index (χ4n) is 1.92. The Balaban J connectivity index is 1.96. The lowest BCUT2D eigenvalue weighted by atomic mass is 10.1. The second-order valence-electron chi connectivity index (χ2n) is 4.75. The molecule has 0 unspecified atom stereocenters. The highest BCUT2D eigenvalue weighted by atomic mass is 16.5. The molecule has 2 N–H and O–H groups in total. The van der Waals surface area contributed by atoms with E-state index in [9.17, 15) is 9.59 Å². The maximum absolute atomic E-state index is 11.9. The predicted molar refractivity (Wildman–Crippen MR) is 90.5 cm³/mol. The molecule has 5 heteroatoms. The zero-order valence-electron chi connectivity index (χ0n) is 13.0. The number of benzene rings is 2. The molecule has 2 aromatic carbocycles. The third kappa shape index (κ3) is 4.71. The van der Waals surface area contributed by atoms with E-state index in [1.54, 1.807) is 68.8 Å². The van der Waals surface area contributed by atoms with Crippen molar-refractivity contribution < 1.29 is 14.3 Å². The van der Waals surface area contributed by atoms with Crippen LogP contribution in [0.15, 0.2) is 54.6 Å². The molecule has 118 valence electrons. The summed E-state index contributed by atoms with van der Waals surface area (Å²) < 4.78 is 5.06. The second-order valence-corrected chi connectivity index (χ2v) is 4.75. The first-order valence-electron chi connectivity index (χ1n) is 7.07. The number of hydrogen-bond acceptors (Lipinski definition) is 3. The van der Waals surface area contributed by atoms with Gasteiger partial charge >= 0.3 is 0 Å². The van der Waals surface area contributed by atoms with Crippen LogP contribution in [-0.2, 0) is 4.79 Å². The molecular formula is C18H18N2O3. The van der Waals surface area contributed by atoms with Crippen molar-refractivity contribution in [2.24, 2.45) is 0 Å². The number of nitrogens with one attached hydrogen (secondary N) is 2. The minimum absolute atomic E-state index is 0.141. The van der Waals surface area contributed by atoms with E-state index in [1.807, 2.05) is 0 Å². The van der Waals surface area contributed by atoms with Crippen molar-refractivity contribution in [2.45, 2.75) is 0 Å². The molecule has 23 heavy (non-hydrogen) atoms. The van der Waals surface area contributed by atoms with E-state index in [2.05, 4.69) is 10.6 Å². The Hall–Kier alpha value is -3.08. The molecule has 0 heterocycles. The van der Waals surface area contributed by atoms with E-state index in [4.69, 9.17) is 4.74 Å². The molecule has 0 bridgehead atoms. The standard InChI is InChI=1S/C18H18N2O3/c1-19-18(22)14-6-3-13(4-7-14)5-12-17(21)20-15-8-10-16(23-2)11-9-15/h3-12H,1-2H3,(H,19,22)(H,20,21)/b12-5+. The Morgan fingerprint density at radius 2 is 1.65 bits per heavy atom. The van der Waals surface area contributed by atoms with E-state index in [1.165, 1.54) is 6.08 Å². The molecule has 2 aromatic rings. The van der Waals surface area contributed by atoms with Crippen molar-refractivity contribution in [3.63, 3.8) is 0 Å². The Morgan fingerprint density at radius 1 is 1.00 bits per heavy atom. The smallest absolute Gasteiger partial charge is 0.251 e. The number of amides is 2. The van der Waals surface area contributed by atoms with E-state index in [-0.39, 0.29) is 11.8 Å². The van der Waals surface area contributed by atoms with E-state index in [0.29, 0.717) is 11.3 Å². The van der Waals surface area contributed by atoms with Crippen LogP contribution in [0, 0.1) is 0 Å². The minimum Gasteiger partial charge on any atom is -0.497 e. The lowest BCUT2D eigenvalue weighted by Gasteiger charge is -2.04. The van der Waals surface area contributed by atoms with Gasteiger partial charge in [0.25, 0.3) is 5.91 Å². The predicted octanol–water partition coefficient (Wildman–Crippen LogP) is 2.71. The molecule has 0 radical (unpaired) electrons. The fraction of sp³-hybridized carbons (Fsp3) is 0.111. The topological polar surface area (TPSA) is 67.4 Å². The Bertz CT molecular complexity index is 704. The normalized spacial score (nSPS) is 10.3. The maximum atomic E-state index is 11.9.